The predicted octanol–water partition coefficient (Wildman–Crippen LogP) is -1.55. The Labute approximate surface area is 49.8 Å². The fraction of sp³-hybridized carbons (Fsp3) is 0. The smallest absolute Gasteiger partial charge is 0.279 e. The standard InChI is InChI=1S/CH2N4O3S/c6-9(7,8)1-2-4-5-3-1/h(H,6,7,8)(H,2,3,4,5). The van der Waals surface area contributed by atoms with Crippen LogP contribution in [-0.4, -0.2) is 33.6 Å². The van der Waals surface area contributed by atoms with E-state index in [1.807, 2.05) is 5.21 Å². The summed E-state index contributed by atoms with van der Waals surface area (Å²) in [5, 5.41) is 10.1. The van der Waals surface area contributed by atoms with Crippen LogP contribution in [0.4, 0.5) is 0 Å². The lowest BCUT2D eigenvalue weighted by Gasteiger charge is -1.80. The minimum atomic E-state index is -4.28. The van der Waals surface area contributed by atoms with Crippen LogP contribution >= 0.6 is 0 Å². The molecule has 2 N–H and O–H groups in total. The van der Waals surface area contributed by atoms with Gasteiger partial charge in [-0.3, -0.25) is 4.55 Å². The molecule has 0 spiro atoms. The second kappa shape index (κ2) is 1.74. The predicted molar refractivity (Wildman–Crippen MR) is 24.0 cm³/mol. The third-order valence-corrected chi connectivity index (χ3v) is 1.19. The Bertz CT molecular complexity index is 273. The van der Waals surface area contributed by atoms with E-state index in [2.05, 4.69) is 15.4 Å². The van der Waals surface area contributed by atoms with Gasteiger partial charge in [-0.2, -0.15) is 13.6 Å². The van der Waals surface area contributed by atoms with E-state index in [0.717, 1.165) is 0 Å². The molecule has 1 aromatic rings. The van der Waals surface area contributed by atoms with Crippen molar-refractivity contribution in [3.8, 4) is 0 Å². The highest BCUT2D eigenvalue weighted by Crippen LogP contribution is 1.92. The van der Waals surface area contributed by atoms with Gasteiger partial charge >= 0.3 is 15.3 Å². The van der Waals surface area contributed by atoms with Crippen molar-refractivity contribution in [2.24, 2.45) is 0 Å². The molecule has 0 amide bonds. The molecule has 0 saturated carbocycles. The van der Waals surface area contributed by atoms with Crippen LogP contribution < -0.4 is 0 Å². The van der Waals surface area contributed by atoms with E-state index in [9.17, 15) is 8.42 Å². The van der Waals surface area contributed by atoms with Gasteiger partial charge in [0.15, 0.2) is 0 Å². The van der Waals surface area contributed by atoms with Crippen LogP contribution in [0.2, 0.25) is 0 Å². The van der Waals surface area contributed by atoms with E-state index < -0.39 is 15.3 Å². The molecule has 1 heterocycles. The van der Waals surface area contributed by atoms with E-state index in [1.54, 1.807) is 0 Å². The van der Waals surface area contributed by atoms with E-state index >= 15 is 0 Å². The fourth-order valence-corrected chi connectivity index (χ4v) is 0.562. The van der Waals surface area contributed by atoms with Gasteiger partial charge < -0.3 is 0 Å². The number of aromatic amines is 1. The second-order valence-corrected chi connectivity index (χ2v) is 2.48. The van der Waals surface area contributed by atoms with Crippen molar-refractivity contribution in [1.29, 1.82) is 0 Å². The molecule has 1 rings (SSSR count). The maximum atomic E-state index is 10.1. The Hall–Kier alpha value is -1.02. The van der Waals surface area contributed by atoms with Crippen LogP contribution in [0.3, 0.4) is 0 Å². The lowest BCUT2D eigenvalue weighted by molar-refractivity contribution is 0.474. The summed E-state index contributed by atoms with van der Waals surface area (Å²) in [5.74, 6) is 0. The third kappa shape index (κ3) is 1.21. The molecule has 0 aliphatic rings. The van der Waals surface area contributed by atoms with Crippen molar-refractivity contribution in [2.75, 3.05) is 0 Å². The van der Waals surface area contributed by atoms with E-state index in [-0.39, 0.29) is 0 Å². The molecule has 1 aromatic heterocycles. The quantitative estimate of drug-likeness (QED) is 0.469. The van der Waals surface area contributed by atoms with Gasteiger partial charge in [-0.15, -0.1) is 5.10 Å². The third-order valence-electron chi connectivity index (χ3n) is 0.557. The number of hydrogen-bond donors (Lipinski definition) is 2. The number of hydrogen-bond acceptors (Lipinski definition) is 5. The normalized spacial score (nSPS) is 11.7. The maximum Gasteiger partial charge on any atom is 0.334 e. The van der Waals surface area contributed by atoms with E-state index in [1.165, 1.54) is 0 Å². The Balaban J connectivity index is 3.20. The first-order chi connectivity index (χ1) is 4.11. The molecule has 0 fully saturated rings. The highest BCUT2D eigenvalue weighted by molar-refractivity contribution is 7.85. The highest BCUT2D eigenvalue weighted by Gasteiger charge is 2.13. The highest BCUT2D eigenvalue weighted by atomic mass is 32.2. The molecule has 0 aromatic carbocycles. The summed E-state index contributed by atoms with van der Waals surface area (Å²) in [6.07, 6.45) is 0. The summed E-state index contributed by atoms with van der Waals surface area (Å²) in [6, 6.07) is 0. The largest absolute Gasteiger partial charge is 0.334 e. The van der Waals surface area contributed by atoms with Crippen LogP contribution in [0.1, 0.15) is 0 Å². The lowest BCUT2D eigenvalue weighted by atomic mass is 11.4. The number of aromatic nitrogens is 4. The van der Waals surface area contributed by atoms with Crippen LogP contribution in [0, 0.1) is 0 Å². The average Bonchev–Trinajstić information content (AvgIpc) is 2.08. The zero-order chi connectivity index (χ0) is 6.91. The average molecular weight is 150 g/mol. The second-order valence-electron chi connectivity index (χ2n) is 1.17. The van der Waals surface area contributed by atoms with Crippen molar-refractivity contribution in [3.63, 3.8) is 0 Å². The summed E-state index contributed by atoms with van der Waals surface area (Å²) in [4.78, 5) is 0. The fourth-order valence-electron chi connectivity index (χ4n) is 0.262. The summed E-state index contributed by atoms with van der Waals surface area (Å²) in [7, 11) is -4.28. The zero-order valence-corrected chi connectivity index (χ0v) is 4.83. The molecular weight excluding hydrogens is 148 g/mol. The van der Waals surface area contributed by atoms with Crippen LogP contribution in [0.15, 0.2) is 5.16 Å². The summed E-state index contributed by atoms with van der Waals surface area (Å²) in [6.45, 7) is 0. The molecule has 0 aliphatic heterocycles. The first-order valence-electron chi connectivity index (χ1n) is 1.81. The molecule has 7 nitrogen and oxygen atoms in total. The van der Waals surface area contributed by atoms with Crippen LogP contribution in [0.5, 0.6) is 0 Å². The first kappa shape index (κ1) is 6.11. The monoisotopic (exact) mass is 150 g/mol. The topological polar surface area (TPSA) is 109 Å². The SMILES string of the molecule is O=S(=O)(O)c1nn[nH]n1. The van der Waals surface area contributed by atoms with Gasteiger partial charge in [-0.1, -0.05) is 5.10 Å². The first-order valence-corrected chi connectivity index (χ1v) is 3.25. The molecule has 0 bridgehead atoms. The zero-order valence-electron chi connectivity index (χ0n) is 4.01. The minimum Gasteiger partial charge on any atom is -0.279 e. The van der Waals surface area contributed by atoms with Gasteiger partial charge in [-0.05, 0) is 5.21 Å². The van der Waals surface area contributed by atoms with Gasteiger partial charge in [-0.25, -0.2) is 0 Å². The Kier molecular flexibility index (Phi) is 1.18. The summed E-state index contributed by atoms with van der Waals surface area (Å²) < 4.78 is 28.3. The van der Waals surface area contributed by atoms with Crippen molar-refractivity contribution >= 4 is 10.1 Å². The van der Waals surface area contributed by atoms with E-state index in [4.69, 9.17) is 4.55 Å². The number of rotatable bonds is 1. The Morgan fingerprint density at radius 3 is 2.44 bits per heavy atom. The molecule has 0 radical (unpaired) electrons. The number of nitrogens with zero attached hydrogens (tertiary/aromatic N) is 3. The van der Waals surface area contributed by atoms with Gasteiger partial charge in [0.2, 0.25) is 0 Å². The minimum absolute atomic E-state index is 0.720. The molecule has 0 saturated heterocycles. The van der Waals surface area contributed by atoms with Gasteiger partial charge in [0.05, 0.1) is 0 Å². The van der Waals surface area contributed by atoms with Gasteiger partial charge in [0.1, 0.15) is 0 Å². The molecule has 9 heavy (non-hydrogen) atoms. The van der Waals surface area contributed by atoms with Crippen molar-refractivity contribution in [1.82, 2.24) is 20.6 Å². The molecule has 0 unspecified atom stereocenters. The van der Waals surface area contributed by atoms with Gasteiger partial charge in [0, 0.05) is 0 Å². The van der Waals surface area contributed by atoms with Crippen molar-refractivity contribution in [2.45, 2.75) is 5.16 Å². The number of nitrogens with one attached hydrogen (secondary N) is 1. The Morgan fingerprint density at radius 2 is 2.22 bits per heavy atom. The maximum absolute atomic E-state index is 10.1. The molecular formula is CH2N4O3S. The van der Waals surface area contributed by atoms with Crippen molar-refractivity contribution in [3.05, 3.63) is 0 Å². The Morgan fingerprint density at radius 1 is 1.56 bits per heavy atom. The van der Waals surface area contributed by atoms with Gasteiger partial charge in [0.25, 0.3) is 0 Å². The number of tetrazole rings is 1. The van der Waals surface area contributed by atoms with Crippen LogP contribution in [-0.2, 0) is 10.1 Å². The summed E-state index contributed by atoms with van der Waals surface area (Å²) in [5.41, 5.74) is 0. The van der Waals surface area contributed by atoms with Crippen molar-refractivity contribution < 1.29 is 13.0 Å². The number of H-pyrrole nitrogens is 1. The molecule has 0 aliphatic carbocycles. The van der Waals surface area contributed by atoms with E-state index in [0.29, 0.717) is 0 Å². The lowest BCUT2D eigenvalue weighted by Crippen LogP contribution is -2.00. The molecule has 0 atom stereocenters. The summed E-state index contributed by atoms with van der Waals surface area (Å²) >= 11 is 0. The molecule has 50 valence electrons. The van der Waals surface area contributed by atoms with Crippen LogP contribution in [0.25, 0.3) is 0 Å². The molecule has 8 heteroatoms.